The van der Waals surface area contributed by atoms with Gasteiger partial charge in [-0.1, -0.05) is 12.1 Å². The van der Waals surface area contributed by atoms with Crippen LogP contribution in [-0.2, 0) is 6.18 Å². The Morgan fingerprint density at radius 3 is 2.52 bits per heavy atom. The second-order valence-electron chi connectivity index (χ2n) is 6.99. The van der Waals surface area contributed by atoms with E-state index in [0.717, 1.165) is 25.0 Å². The standard InChI is InChI=1S/C21H18F3N3O2/c22-21(23,24)13-9-14(11-15(10-13)27-7-3-4-8-27)26-20(29)17-12-25-18-6-2-1-5-16(18)19(17)28/h1-2,5-6,9-12H,3-4,7-8H2,(H,25,28)(H,26,29). The number of anilines is 2. The van der Waals surface area contributed by atoms with Gasteiger partial charge in [0, 0.05) is 41.6 Å². The number of para-hydroxylation sites is 1. The predicted octanol–water partition coefficient (Wildman–Crippen LogP) is 4.40. The highest BCUT2D eigenvalue weighted by Crippen LogP contribution is 2.35. The molecule has 5 nitrogen and oxygen atoms in total. The van der Waals surface area contributed by atoms with Gasteiger partial charge in [0.25, 0.3) is 5.91 Å². The summed E-state index contributed by atoms with van der Waals surface area (Å²) in [7, 11) is 0. The SMILES string of the molecule is O=C(Nc1cc(N2CCCC2)cc(C(F)(F)F)c1)c1c[nH]c2ccccc2c1=O. The molecule has 4 rings (SSSR count). The van der Waals surface area contributed by atoms with Gasteiger partial charge in [-0.25, -0.2) is 0 Å². The van der Waals surface area contributed by atoms with Gasteiger partial charge in [0.2, 0.25) is 5.43 Å². The molecule has 8 heteroatoms. The fourth-order valence-corrected chi connectivity index (χ4v) is 3.54. The topological polar surface area (TPSA) is 65.2 Å². The van der Waals surface area contributed by atoms with E-state index in [1.807, 2.05) is 4.90 Å². The minimum atomic E-state index is -4.55. The molecule has 3 aromatic rings. The van der Waals surface area contributed by atoms with E-state index in [9.17, 15) is 22.8 Å². The molecule has 1 fully saturated rings. The molecular weight excluding hydrogens is 383 g/mol. The van der Waals surface area contributed by atoms with E-state index < -0.39 is 23.1 Å². The summed E-state index contributed by atoms with van der Waals surface area (Å²) in [5.41, 5.74) is -0.513. The van der Waals surface area contributed by atoms with Crippen LogP contribution in [0.3, 0.4) is 0 Å². The normalized spacial score (nSPS) is 14.4. The lowest BCUT2D eigenvalue weighted by Gasteiger charge is -2.21. The summed E-state index contributed by atoms with van der Waals surface area (Å²) >= 11 is 0. The molecule has 2 heterocycles. The number of nitrogens with zero attached hydrogens (tertiary/aromatic N) is 1. The van der Waals surface area contributed by atoms with E-state index in [-0.39, 0.29) is 11.3 Å². The van der Waals surface area contributed by atoms with Crippen molar-refractivity contribution in [3.05, 3.63) is 70.0 Å². The molecule has 150 valence electrons. The summed E-state index contributed by atoms with van der Waals surface area (Å²) in [5.74, 6) is -0.760. The number of alkyl halides is 3. The Morgan fingerprint density at radius 1 is 1.07 bits per heavy atom. The number of benzene rings is 2. The maximum absolute atomic E-state index is 13.3. The fourth-order valence-electron chi connectivity index (χ4n) is 3.54. The molecular formula is C21H18F3N3O2. The minimum Gasteiger partial charge on any atom is -0.371 e. The van der Waals surface area contributed by atoms with E-state index in [0.29, 0.717) is 29.7 Å². The predicted molar refractivity (Wildman–Crippen MR) is 105 cm³/mol. The molecule has 1 saturated heterocycles. The first-order valence-electron chi connectivity index (χ1n) is 9.22. The molecule has 0 spiro atoms. The van der Waals surface area contributed by atoms with Crippen molar-refractivity contribution in [1.82, 2.24) is 4.98 Å². The van der Waals surface area contributed by atoms with E-state index in [1.165, 1.54) is 12.3 Å². The van der Waals surface area contributed by atoms with Crippen molar-refractivity contribution >= 4 is 28.2 Å². The van der Waals surface area contributed by atoms with Crippen molar-refractivity contribution in [3.63, 3.8) is 0 Å². The molecule has 0 radical (unpaired) electrons. The highest BCUT2D eigenvalue weighted by Gasteiger charge is 2.32. The molecule has 0 aliphatic carbocycles. The molecule has 29 heavy (non-hydrogen) atoms. The van der Waals surface area contributed by atoms with E-state index in [4.69, 9.17) is 0 Å². The van der Waals surface area contributed by atoms with Crippen LogP contribution >= 0.6 is 0 Å². The van der Waals surface area contributed by atoms with Gasteiger partial charge in [-0.05, 0) is 43.2 Å². The van der Waals surface area contributed by atoms with Crippen LogP contribution in [0.1, 0.15) is 28.8 Å². The molecule has 1 aromatic heterocycles. The van der Waals surface area contributed by atoms with E-state index in [2.05, 4.69) is 10.3 Å². The van der Waals surface area contributed by atoms with Crippen molar-refractivity contribution in [2.24, 2.45) is 0 Å². The van der Waals surface area contributed by atoms with Gasteiger partial charge in [0.15, 0.2) is 0 Å². The third-order valence-corrected chi connectivity index (χ3v) is 5.01. The van der Waals surface area contributed by atoms with Crippen molar-refractivity contribution < 1.29 is 18.0 Å². The van der Waals surface area contributed by atoms with Gasteiger partial charge in [-0.15, -0.1) is 0 Å². The van der Waals surface area contributed by atoms with Crippen LogP contribution < -0.4 is 15.6 Å². The van der Waals surface area contributed by atoms with E-state index >= 15 is 0 Å². The third kappa shape index (κ3) is 3.83. The van der Waals surface area contributed by atoms with Gasteiger partial charge in [0.05, 0.1) is 5.56 Å². The number of pyridine rings is 1. The largest absolute Gasteiger partial charge is 0.416 e. The lowest BCUT2D eigenvalue weighted by molar-refractivity contribution is -0.137. The van der Waals surface area contributed by atoms with Crippen LogP contribution in [0.5, 0.6) is 0 Å². The number of fused-ring (bicyclic) bond motifs is 1. The van der Waals surface area contributed by atoms with Crippen LogP contribution in [-0.4, -0.2) is 24.0 Å². The van der Waals surface area contributed by atoms with Gasteiger partial charge in [-0.3, -0.25) is 9.59 Å². The van der Waals surface area contributed by atoms with E-state index in [1.54, 1.807) is 24.3 Å². The molecule has 0 unspecified atom stereocenters. The summed E-state index contributed by atoms with van der Waals surface area (Å²) in [6, 6.07) is 10.2. The average molecular weight is 401 g/mol. The minimum absolute atomic E-state index is 0.000663. The Bertz CT molecular complexity index is 1130. The zero-order valence-electron chi connectivity index (χ0n) is 15.3. The molecule has 2 aromatic carbocycles. The molecule has 1 aliphatic rings. The first kappa shape index (κ1) is 19.0. The van der Waals surface area contributed by atoms with Crippen LogP contribution in [0.25, 0.3) is 10.9 Å². The van der Waals surface area contributed by atoms with Crippen LogP contribution in [0.4, 0.5) is 24.5 Å². The van der Waals surface area contributed by atoms with Crippen molar-refractivity contribution in [1.29, 1.82) is 0 Å². The molecule has 0 bridgehead atoms. The number of H-pyrrole nitrogens is 1. The molecule has 1 amide bonds. The summed E-state index contributed by atoms with van der Waals surface area (Å²) in [5, 5.41) is 2.79. The van der Waals surface area contributed by atoms with Crippen molar-refractivity contribution in [2.45, 2.75) is 19.0 Å². The lowest BCUT2D eigenvalue weighted by atomic mass is 10.1. The van der Waals surface area contributed by atoms with Crippen molar-refractivity contribution in [2.75, 3.05) is 23.3 Å². The number of amides is 1. The number of nitrogens with one attached hydrogen (secondary N) is 2. The second kappa shape index (κ2) is 7.27. The highest BCUT2D eigenvalue weighted by atomic mass is 19.4. The quantitative estimate of drug-likeness (QED) is 0.684. The Kier molecular flexibility index (Phi) is 4.77. The summed E-state index contributed by atoms with van der Waals surface area (Å²) in [6.07, 6.45) is -1.46. The first-order chi connectivity index (χ1) is 13.8. The van der Waals surface area contributed by atoms with Crippen molar-refractivity contribution in [3.8, 4) is 0 Å². The third-order valence-electron chi connectivity index (χ3n) is 5.01. The monoisotopic (exact) mass is 401 g/mol. The molecule has 0 atom stereocenters. The number of carbonyl (C=O) groups is 1. The maximum Gasteiger partial charge on any atom is 0.416 e. The number of aromatic nitrogens is 1. The Balaban J connectivity index is 1.70. The Labute approximate surface area is 164 Å². The van der Waals surface area contributed by atoms with Crippen LogP contribution in [0, 0.1) is 0 Å². The summed E-state index contributed by atoms with van der Waals surface area (Å²) in [6.45, 7) is 1.33. The Morgan fingerprint density at radius 2 is 1.79 bits per heavy atom. The van der Waals surface area contributed by atoms with Crippen LogP contribution in [0.2, 0.25) is 0 Å². The number of carbonyl (C=O) groups excluding carboxylic acids is 1. The smallest absolute Gasteiger partial charge is 0.371 e. The Hall–Kier alpha value is -3.29. The lowest BCUT2D eigenvalue weighted by Crippen LogP contribution is -2.23. The van der Waals surface area contributed by atoms with Gasteiger partial charge < -0.3 is 15.2 Å². The molecule has 0 saturated carbocycles. The zero-order chi connectivity index (χ0) is 20.6. The fraction of sp³-hybridized carbons (Fsp3) is 0.238. The number of rotatable bonds is 3. The number of hydrogen-bond donors (Lipinski definition) is 2. The highest BCUT2D eigenvalue weighted by molar-refractivity contribution is 6.05. The summed E-state index contributed by atoms with van der Waals surface area (Å²) < 4.78 is 40.0. The second-order valence-corrected chi connectivity index (χ2v) is 6.99. The van der Waals surface area contributed by atoms with Crippen LogP contribution in [0.15, 0.2) is 53.5 Å². The molecule has 2 N–H and O–H groups in total. The average Bonchev–Trinajstić information content (AvgIpc) is 3.22. The number of aromatic amines is 1. The first-order valence-corrected chi connectivity index (χ1v) is 9.22. The summed E-state index contributed by atoms with van der Waals surface area (Å²) in [4.78, 5) is 30.0. The number of halogens is 3. The maximum atomic E-state index is 13.3. The zero-order valence-corrected chi connectivity index (χ0v) is 15.3. The van der Waals surface area contributed by atoms with Gasteiger partial charge >= 0.3 is 6.18 Å². The molecule has 1 aliphatic heterocycles. The van der Waals surface area contributed by atoms with Gasteiger partial charge in [0.1, 0.15) is 5.56 Å². The number of hydrogen-bond acceptors (Lipinski definition) is 3. The van der Waals surface area contributed by atoms with Gasteiger partial charge in [-0.2, -0.15) is 13.2 Å².